The predicted molar refractivity (Wildman–Crippen MR) is 128 cm³/mol. The van der Waals surface area contributed by atoms with Gasteiger partial charge < -0.3 is 0 Å². The normalized spacial score (nSPS) is 51.5. The zero-order chi connectivity index (χ0) is 21.3. The van der Waals surface area contributed by atoms with Crippen molar-refractivity contribution in [1.82, 2.24) is 0 Å². The van der Waals surface area contributed by atoms with Gasteiger partial charge in [0.25, 0.3) is 0 Å². The first-order chi connectivity index (χ1) is 14.2. The molecule has 7 rings (SSSR count). The molecule has 7 aliphatic rings. The molecular weight excluding hydrogens is 364 g/mol. The first-order valence-corrected chi connectivity index (χ1v) is 13.3. The molecule has 7 aliphatic carbocycles. The summed E-state index contributed by atoms with van der Waals surface area (Å²) >= 11 is 0. The first-order valence-electron chi connectivity index (χ1n) is 13.3. The molecule has 0 amide bonds. The van der Waals surface area contributed by atoms with E-state index in [1.165, 1.54) is 51.4 Å². The molecule has 2 heteroatoms. The van der Waals surface area contributed by atoms with Crippen LogP contribution in [0, 0.1) is 58.2 Å². The fourth-order valence-electron chi connectivity index (χ4n) is 8.65. The molecule has 0 spiro atoms. The molecule has 7 fully saturated rings. The van der Waals surface area contributed by atoms with E-state index in [4.69, 9.17) is 9.98 Å². The lowest BCUT2D eigenvalue weighted by atomic mass is 9.43. The van der Waals surface area contributed by atoms with Gasteiger partial charge in [0, 0.05) is 12.4 Å². The van der Waals surface area contributed by atoms with Crippen molar-refractivity contribution in [3.05, 3.63) is 0 Å². The van der Waals surface area contributed by atoms with E-state index in [0.29, 0.717) is 34.7 Å². The van der Waals surface area contributed by atoms with Crippen molar-refractivity contribution >= 4 is 12.4 Å². The molecule has 0 N–H and O–H groups in total. The van der Waals surface area contributed by atoms with Crippen molar-refractivity contribution < 1.29 is 0 Å². The minimum atomic E-state index is 0.443. The van der Waals surface area contributed by atoms with Gasteiger partial charge in [-0.05, 0) is 96.7 Å². The van der Waals surface area contributed by atoms with E-state index in [2.05, 4.69) is 54.0 Å². The Morgan fingerprint density at radius 1 is 0.633 bits per heavy atom. The molecule has 10 unspecified atom stereocenters. The number of hydrogen-bond donors (Lipinski definition) is 0. The van der Waals surface area contributed by atoms with Crippen LogP contribution in [0.25, 0.3) is 0 Å². The van der Waals surface area contributed by atoms with Gasteiger partial charge in [0.1, 0.15) is 0 Å². The van der Waals surface area contributed by atoms with E-state index in [1.807, 2.05) is 0 Å². The Morgan fingerprint density at radius 2 is 1.03 bits per heavy atom. The molecular formula is C28H46N2. The van der Waals surface area contributed by atoms with E-state index in [1.54, 1.807) is 0 Å². The fraction of sp³-hybridized carbons (Fsp3) is 0.929. The zero-order valence-electron chi connectivity index (χ0n) is 20.5. The van der Waals surface area contributed by atoms with Gasteiger partial charge in [-0.3, -0.25) is 9.98 Å². The summed E-state index contributed by atoms with van der Waals surface area (Å²) in [5.41, 5.74) is 1.15. The van der Waals surface area contributed by atoms with Gasteiger partial charge >= 0.3 is 0 Å². The molecule has 0 radical (unpaired) electrons. The lowest BCUT2D eigenvalue weighted by molar-refractivity contribution is -0.113. The van der Waals surface area contributed by atoms with Crippen LogP contribution in [0.5, 0.6) is 0 Å². The third-order valence-electron chi connectivity index (χ3n) is 11.5. The minimum absolute atomic E-state index is 0.443. The van der Waals surface area contributed by atoms with Crippen LogP contribution in [-0.2, 0) is 0 Å². The molecule has 0 saturated heterocycles. The monoisotopic (exact) mass is 410 g/mol. The quantitative estimate of drug-likeness (QED) is 0.443. The molecule has 30 heavy (non-hydrogen) atoms. The Morgan fingerprint density at radius 3 is 1.37 bits per heavy atom. The average Bonchev–Trinajstić information content (AvgIpc) is 2.71. The van der Waals surface area contributed by atoms with Gasteiger partial charge in [-0.1, -0.05) is 54.4 Å². The molecule has 0 aromatic heterocycles. The zero-order valence-corrected chi connectivity index (χ0v) is 20.5. The first kappa shape index (κ1) is 21.2. The van der Waals surface area contributed by atoms with E-state index in [0.717, 1.165) is 35.5 Å². The highest BCUT2D eigenvalue weighted by molar-refractivity contribution is 5.63. The largest absolute Gasteiger partial charge is 0.292 e. The third-order valence-corrected chi connectivity index (χ3v) is 11.5. The molecule has 0 aliphatic heterocycles. The second-order valence-corrected chi connectivity index (χ2v) is 13.3. The lowest BCUT2D eigenvalue weighted by Gasteiger charge is -2.61. The highest BCUT2D eigenvalue weighted by Gasteiger charge is 2.56. The summed E-state index contributed by atoms with van der Waals surface area (Å²) < 4.78 is 0. The van der Waals surface area contributed by atoms with Gasteiger partial charge in [-0.25, -0.2) is 0 Å². The summed E-state index contributed by atoms with van der Waals surface area (Å²) in [6.07, 6.45) is 15.6. The second kappa shape index (κ2) is 7.45. The molecule has 0 heterocycles. The van der Waals surface area contributed by atoms with E-state index < -0.39 is 0 Å². The van der Waals surface area contributed by atoms with Crippen LogP contribution in [-0.4, -0.2) is 24.5 Å². The Labute approximate surface area is 185 Å². The topological polar surface area (TPSA) is 24.7 Å². The second-order valence-electron chi connectivity index (χ2n) is 13.3. The summed E-state index contributed by atoms with van der Waals surface area (Å²) in [6.45, 7) is 15.0. The number of fused-ring (bicyclic) bond motifs is 4. The third kappa shape index (κ3) is 3.25. The average molecular weight is 411 g/mol. The summed E-state index contributed by atoms with van der Waals surface area (Å²) in [4.78, 5) is 10.5. The van der Waals surface area contributed by atoms with Gasteiger partial charge in [0.2, 0.25) is 0 Å². The Balaban J connectivity index is 1.22. The standard InChI is InChI=1S/C28H46N2/c1-17-19(11-21-13-23(17)27(21,3)4)15-29-25-9-7-8-10-26(25)30-16-20-12-22-14-24(18(20)2)28(22,5)6/h15-26H,7-14H2,1-6H3. The summed E-state index contributed by atoms with van der Waals surface area (Å²) in [6, 6.07) is 0.886. The molecule has 4 bridgehead atoms. The van der Waals surface area contributed by atoms with Crippen molar-refractivity contribution in [3.8, 4) is 0 Å². The van der Waals surface area contributed by atoms with Gasteiger partial charge in [-0.15, -0.1) is 0 Å². The Kier molecular flexibility index (Phi) is 5.26. The fourth-order valence-corrected chi connectivity index (χ4v) is 8.65. The SMILES string of the molecule is CC1C(C=NC2CCCCC2N=CC2CC3CC(C2C)C3(C)C)CC2CC1C2(C)C. The van der Waals surface area contributed by atoms with Crippen LogP contribution >= 0.6 is 0 Å². The Hall–Kier alpha value is -0.660. The molecule has 0 aromatic rings. The molecule has 168 valence electrons. The Bertz CT molecular complexity index is 643. The number of nitrogens with zero attached hydrogens (tertiary/aromatic N) is 2. The van der Waals surface area contributed by atoms with Crippen molar-refractivity contribution in [2.45, 2.75) is 105 Å². The van der Waals surface area contributed by atoms with E-state index >= 15 is 0 Å². The molecule has 0 aromatic carbocycles. The van der Waals surface area contributed by atoms with Crippen molar-refractivity contribution in [2.24, 2.45) is 68.2 Å². The van der Waals surface area contributed by atoms with Crippen LogP contribution < -0.4 is 0 Å². The van der Waals surface area contributed by atoms with Crippen molar-refractivity contribution in [3.63, 3.8) is 0 Å². The van der Waals surface area contributed by atoms with Crippen molar-refractivity contribution in [2.75, 3.05) is 0 Å². The van der Waals surface area contributed by atoms with Gasteiger partial charge in [0.15, 0.2) is 0 Å². The smallest absolute Gasteiger partial charge is 0.0719 e. The summed E-state index contributed by atoms with van der Waals surface area (Å²) in [7, 11) is 0. The van der Waals surface area contributed by atoms with Gasteiger partial charge in [-0.2, -0.15) is 0 Å². The number of hydrogen-bond acceptors (Lipinski definition) is 2. The summed E-state index contributed by atoms with van der Waals surface area (Å²) in [5, 5.41) is 0. The maximum absolute atomic E-state index is 5.23. The van der Waals surface area contributed by atoms with Crippen LogP contribution in [0.4, 0.5) is 0 Å². The predicted octanol–water partition coefficient (Wildman–Crippen LogP) is 7.08. The highest BCUT2D eigenvalue weighted by atomic mass is 14.9. The van der Waals surface area contributed by atoms with Crippen LogP contribution in [0.1, 0.15) is 92.9 Å². The van der Waals surface area contributed by atoms with Gasteiger partial charge in [0.05, 0.1) is 12.1 Å². The summed E-state index contributed by atoms with van der Waals surface area (Å²) in [5.74, 6) is 6.71. The molecule has 10 atom stereocenters. The van der Waals surface area contributed by atoms with Crippen molar-refractivity contribution in [1.29, 1.82) is 0 Å². The van der Waals surface area contributed by atoms with Crippen LogP contribution in [0.15, 0.2) is 9.98 Å². The number of rotatable bonds is 4. The van der Waals surface area contributed by atoms with E-state index in [9.17, 15) is 0 Å². The lowest BCUT2D eigenvalue weighted by Crippen LogP contribution is -2.55. The van der Waals surface area contributed by atoms with Crippen LogP contribution in [0.2, 0.25) is 0 Å². The maximum Gasteiger partial charge on any atom is 0.0719 e. The molecule has 7 saturated carbocycles. The maximum atomic E-state index is 5.23. The number of aliphatic imine (C=N–C) groups is 2. The van der Waals surface area contributed by atoms with E-state index in [-0.39, 0.29) is 0 Å². The minimum Gasteiger partial charge on any atom is -0.292 e. The highest BCUT2D eigenvalue weighted by Crippen LogP contribution is 2.63. The van der Waals surface area contributed by atoms with Crippen LogP contribution in [0.3, 0.4) is 0 Å². The molecule has 2 nitrogen and oxygen atoms in total.